The van der Waals surface area contributed by atoms with E-state index in [2.05, 4.69) is 33.0 Å². The maximum atomic E-state index is 6.18. The first-order chi connectivity index (χ1) is 8.54. The highest BCUT2D eigenvalue weighted by Gasteiger charge is 2.32. The molecular weight excluding hydrogens is 226 g/mol. The molecular formula is C15H31NO2. The summed E-state index contributed by atoms with van der Waals surface area (Å²) in [6.07, 6.45) is 6.62. The fourth-order valence-electron chi connectivity index (χ4n) is 2.50. The third-order valence-corrected chi connectivity index (χ3v) is 3.54. The molecule has 1 rings (SSSR count). The van der Waals surface area contributed by atoms with E-state index in [1.54, 1.807) is 0 Å². The molecule has 1 aliphatic rings. The third-order valence-electron chi connectivity index (χ3n) is 3.54. The summed E-state index contributed by atoms with van der Waals surface area (Å²) in [4.78, 5) is 0. The van der Waals surface area contributed by atoms with Gasteiger partial charge in [-0.1, -0.05) is 33.1 Å². The maximum Gasteiger partial charge on any atom is 0.0807 e. The van der Waals surface area contributed by atoms with Gasteiger partial charge in [0.1, 0.15) is 0 Å². The summed E-state index contributed by atoms with van der Waals surface area (Å²) in [7, 11) is 0. The lowest BCUT2D eigenvalue weighted by atomic mass is 9.84. The van der Waals surface area contributed by atoms with Crippen molar-refractivity contribution < 1.29 is 9.47 Å². The maximum absolute atomic E-state index is 6.18. The lowest BCUT2D eigenvalue weighted by molar-refractivity contribution is -0.0922. The number of rotatable bonds is 8. The van der Waals surface area contributed by atoms with Gasteiger partial charge >= 0.3 is 0 Å². The van der Waals surface area contributed by atoms with Crippen LogP contribution in [0.5, 0.6) is 0 Å². The number of ether oxygens (including phenoxy) is 2. The molecule has 0 aromatic heterocycles. The summed E-state index contributed by atoms with van der Waals surface area (Å²) in [5, 5.41) is 3.54. The second-order valence-electron chi connectivity index (χ2n) is 6.05. The van der Waals surface area contributed by atoms with E-state index in [1.807, 2.05) is 0 Å². The first kappa shape index (κ1) is 15.9. The van der Waals surface area contributed by atoms with Gasteiger partial charge in [0.05, 0.1) is 24.9 Å². The number of nitrogens with one attached hydrogen (secondary N) is 1. The van der Waals surface area contributed by atoms with E-state index in [9.17, 15) is 0 Å². The predicted octanol–water partition coefficient (Wildman–Crippen LogP) is 3.13. The summed E-state index contributed by atoms with van der Waals surface area (Å²) in [5.41, 5.74) is 0.0584. The van der Waals surface area contributed by atoms with E-state index in [-0.39, 0.29) is 5.60 Å². The van der Waals surface area contributed by atoms with Crippen LogP contribution in [-0.2, 0) is 9.47 Å². The Morgan fingerprint density at radius 2 is 1.67 bits per heavy atom. The van der Waals surface area contributed by atoms with Crippen molar-refractivity contribution in [2.45, 2.75) is 77.5 Å². The minimum Gasteiger partial charge on any atom is -0.376 e. The standard InChI is InChI=1S/C15H31NO2/c1-13(2)16-12-15(8-6-5-7-9-15)18-11-10-17-14(3)4/h13-14,16H,5-12H2,1-4H3. The van der Waals surface area contributed by atoms with Crippen LogP contribution in [0, 0.1) is 0 Å². The molecule has 3 nitrogen and oxygen atoms in total. The van der Waals surface area contributed by atoms with Crippen LogP contribution in [0.4, 0.5) is 0 Å². The summed E-state index contributed by atoms with van der Waals surface area (Å²) in [5.74, 6) is 0. The van der Waals surface area contributed by atoms with Crippen molar-refractivity contribution in [3.63, 3.8) is 0 Å². The summed E-state index contributed by atoms with van der Waals surface area (Å²) in [6, 6.07) is 0.527. The van der Waals surface area contributed by atoms with Crippen molar-refractivity contribution in [2.24, 2.45) is 0 Å². The molecule has 0 heterocycles. The molecule has 18 heavy (non-hydrogen) atoms. The smallest absolute Gasteiger partial charge is 0.0807 e. The highest BCUT2D eigenvalue weighted by Crippen LogP contribution is 2.31. The Hall–Kier alpha value is -0.120. The van der Waals surface area contributed by atoms with Gasteiger partial charge in [-0.2, -0.15) is 0 Å². The Bertz CT molecular complexity index is 211. The van der Waals surface area contributed by atoms with E-state index in [0.717, 1.165) is 13.2 Å². The minimum absolute atomic E-state index is 0.0584. The molecule has 1 N–H and O–H groups in total. The molecule has 0 spiro atoms. The zero-order chi connectivity index (χ0) is 13.4. The Labute approximate surface area is 113 Å². The molecule has 0 bridgehead atoms. The van der Waals surface area contributed by atoms with Crippen molar-refractivity contribution in [3.8, 4) is 0 Å². The SMILES string of the molecule is CC(C)NCC1(OCCOC(C)C)CCCCC1. The second kappa shape index (κ2) is 8.13. The molecule has 108 valence electrons. The van der Waals surface area contributed by atoms with Crippen LogP contribution in [0.15, 0.2) is 0 Å². The molecule has 0 amide bonds. The van der Waals surface area contributed by atoms with Crippen LogP contribution >= 0.6 is 0 Å². The van der Waals surface area contributed by atoms with Crippen molar-refractivity contribution in [1.29, 1.82) is 0 Å². The van der Waals surface area contributed by atoms with Gasteiger partial charge in [-0.25, -0.2) is 0 Å². The van der Waals surface area contributed by atoms with Crippen LogP contribution in [0.1, 0.15) is 59.8 Å². The quantitative estimate of drug-likeness (QED) is 0.678. The molecule has 3 heteroatoms. The van der Waals surface area contributed by atoms with Gasteiger partial charge in [0.15, 0.2) is 0 Å². The molecule has 1 fully saturated rings. The monoisotopic (exact) mass is 257 g/mol. The molecule has 0 radical (unpaired) electrons. The van der Waals surface area contributed by atoms with Crippen LogP contribution in [-0.4, -0.2) is 37.5 Å². The van der Waals surface area contributed by atoms with Gasteiger partial charge in [0, 0.05) is 12.6 Å². The average Bonchev–Trinajstić information content (AvgIpc) is 2.33. The van der Waals surface area contributed by atoms with E-state index in [0.29, 0.717) is 18.8 Å². The van der Waals surface area contributed by atoms with Gasteiger partial charge in [-0.3, -0.25) is 0 Å². The molecule has 0 aromatic carbocycles. The highest BCUT2D eigenvalue weighted by molar-refractivity contribution is 4.87. The van der Waals surface area contributed by atoms with Gasteiger partial charge < -0.3 is 14.8 Å². The largest absolute Gasteiger partial charge is 0.376 e. The Kier molecular flexibility index (Phi) is 7.20. The lowest BCUT2D eigenvalue weighted by Crippen LogP contribution is -2.47. The van der Waals surface area contributed by atoms with E-state index in [4.69, 9.17) is 9.47 Å². The van der Waals surface area contributed by atoms with Gasteiger partial charge in [-0.15, -0.1) is 0 Å². The summed E-state index contributed by atoms with van der Waals surface area (Å²) in [6.45, 7) is 10.9. The topological polar surface area (TPSA) is 30.5 Å². The third kappa shape index (κ3) is 6.17. The number of hydrogen-bond donors (Lipinski definition) is 1. The fraction of sp³-hybridized carbons (Fsp3) is 1.00. The minimum atomic E-state index is 0.0584. The van der Waals surface area contributed by atoms with Crippen LogP contribution in [0.25, 0.3) is 0 Å². The normalized spacial score (nSPS) is 19.7. The molecule has 0 aromatic rings. The molecule has 1 saturated carbocycles. The highest BCUT2D eigenvalue weighted by atomic mass is 16.5. The summed E-state index contributed by atoms with van der Waals surface area (Å²) >= 11 is 0. The second-order valence-corrected chi connectivity index (χ2v) is 6.05. The Morgan fingerprint density at radius 1 is 1.00 bits per heavy atom. The molecule has 0 saturated heterocycles. The van der Waals surface area contributed by atoms with Gasteiger partial charge in [0.2, 0.25) is 0 Å². The molecule has 0 unspecified atom stereocenters. The van der Waals surface area contributed by atoms with Crippen LogP contribution < -0.4 is 5.32 Å². The van der Waals surface area contributed by atoms with E-state index >= 15 is 0 Å². The fourth-order valence-corrected chi connectivity index (χ4v) is 2.50. The number of hydrogen-bond acceptors (Lipinski definition) is 3. The lowest BCUT2D eigenvalue weighted by Gasteiger charge is -2.38. The van der Waals surface area contributed by atoms with Gasteiger partial charge in [-0.05, 0) is 26.7 Å². The summed E-state index contributed by atoms with van der Waals surface area (Å²) < 4.78 is 11.7. The Balaban J connectivity index is 2.34. The van der Waals surface area contributed by atoms with Crippen molar-refractivity contribution >= 4 is 0 Å². The van der Waals surface area contributed by atoms with Crippen molar-refractivity contribution in [2.75, 3.05) is 19.8 Å². The first-order valence-electron chi connectivity index (χ1n) is 7.53. The Morgan fingerprint density at radius 3 is 2.22 bits per heavy atom. The van der Waals surface area contributed by atoms with Crippen molar-refractivity contribution in [3.05, 3.63) is 0 Å². The van der Waals surface area contributed by atoms with Crippen LogP contribution in [0.2, 0.25) is 0 Å². The van der Waals surface area contributed by atoms with Crippen LogP contribution in [0.3, 0.4) is 0 Å². The predicted molar refractivity (Wildman–Crippen MR) is 76.0 cm³/mol. The molecule has 1 aliphatic carbocycles. The zero-order valence-electron chi connectivity index (χ0n) is 12.6. The van der Waals surface area contributed by atoms with E-state index in [1.165, 1.54) is 32.1 Å². The zero-order valence-corrected chi connectivity index (χ0v) is 12.6. The van der Waals surface area contributed by atoms with Crippen molar-refractivity contribution in [1.82, 2.24) is 5.32 Å². The first-order valence-corrected chi connectivity index (χ1v) is 7.53. The molecule has 0 aliphatic heterocycles. The average molecular weight is 257 g/mol. The molecule has 0 atom stereocenters. The van der Waals surface area contributed by atoms with E-state index < -0.39 is 0 Å². The van der Waals surface area contributed by atoms with Gasteiger partial charge in [0.25, 0.3) is 0 Å².